The molecule has 4 nitrogen and oxygen atoms in total. The summed E-state index contributed by atoms with van der Waals surface area (Å²) in [6.07, 6.45) is 1.37. The summed E-state index contributed by atoms with van der Waals surface area (Å²) in [6, 6.07) is 6.41. The summed E-state index contributed by atoms with van der Waals surface area (Å²) < 4.78 is 27.1. The van der Waals surface area contributed by atoms with Crippen molar-refractivity contribution in [3.63, 3.8) is 0 Å². The normalized spacial score (nSPS) is 22.1. The Bertz CT molecular complexity index is 505. The van der Waals surface area contributed by atoms with Crippen LogP contribution < -0.4 is 4.72 Å². The second-order valence-electron chi connectivity index (χ2n) is 4.78. The number of nitrogens with one attached hydrogen (secondary N) is 1. The number of thioether (sulfide) groups is 1. The molecule has 6 heteroatoms. The smallest absolute Gasteiger partial charge is 0.240 e. The highest BCUT2D eigenvalue weighted by Crippen LogP contribution is 2.20. The van der Waals surface area contributed by atoms with Crippen molar-refractivity contribution in [2.45, 2.75) is 36.8 Å². The van der Waals surface area contributed by atoms with Gasteiger partial charge >= 0.3 is 0 Å². The number of sulfonamides is 1. The molecule has 1 aromatic carbocycles. The largest absolute Gasteiger partial charge is 0.389 e. The van der Waals surface area contributed by atoms with Crippen molar-refractivity contribution >= 4 is 21.8 Å². The van der Waals surface area contributed by atoms with Crippen LogP contribution in [0.5, 0.6) is 0 Å². The lowest BCUT2D eigenvalue weighted by molar-refractivity contribution is 0.199. The molecule has 1 saturated heterocycles. The minimum atomic E-state index is -3.45. The van der Waals surface area contributed by atoms with Crippen LogP contribution in [-0.2, 0) is 10.0 Å². The van der Waals surface area contributed by atoms with Gasteiger partial charge in [-0.3, -0.25) is 0 Å². The molecule has 2 atom stereocenters. The monoisotopic (exact) mass is 301 g/mol. The number of rotatable bonds is 4. The van der Waals surface area contributed by atoms with Crippen LogP contribution in [0.15, 0.2) is 29.2 Å². The topological polar surface area (TPSA) is 66.4 Å². The maximum absolute atomic E-state index is 12.2. The van der Waals surface area contributed by atoms with E-state index in [-0.39, 0.29) is 10.9 Å². The SMILES string of the molecule is CC(O)c1ccc(S(=O)(=O)NC2CCCSC2)cc1. The van der Waals surface area contributed by atoms with Gasteiger partial charge < -0.3 is 5.11 Å². The van der Waals surface area contributed by atoms with Crippen LogP contribution in [0, 0.1) is 0 Å². The van der Waals surface area contributed by atoms with Gasteiger partial charge in [-0.25, -0.2) is 13.1 Å². The Labute approximate surface area is 118 Å². The summed E-state index contributed by atoms with van der Waals surface area (Å²) in [4.78, 5) is 0.257. The van der Waals surface area contributed by atoms with E-state index in [0.717, 1.165) is 24.3 Å². The van der Waals surface area contributed by atoms with E-state index < -0.39 is 16.1 Å². The first-order valence-electron chi connectivity index (χ1n) is 6.37. The number of benzene rings is 1. The fourth-order valence-electron chi connectivity index (χ4n) is 2.05. The second-order valence-corrected chi connectivity index (χ2v) is 7.64. The molecule has 2 N–H and O–H groups in total. The van der Waals surface area contributed by atoms with Gasteiger partial charge in [0.2, 0.25) is 10.0 Å². The molecule has 19 heavy (non-hydrogen) atoms. The van der Waals surface area contributed by atoms with Crippen LogP contribution in [0.4, 0.5) is 0 Å². The number of aliphatic hydroxyl groups is 1. The van der Waals surface area contributed by atoms with E-state index in [0.29, 0.717) is 5.56 Å². The van der Waals surface area contributed by atoms with Gasteiger partial charge in [0.05, 0.1) is 11.0 Å². The van der Waals surface area contributed by atoms with Gasteiger partial charge in [0.1, 0.15) is 0 Å². The van der Waals surface area contributed by atoms with Gasteiger partial charge in [0.15, 0.2) is 0 Å². The maximum Gasteiger partial charge on any atom is 0.240 e. The quantitative estimate of drug-likeness (QED) is 0.891. The Morgan fingerprint density at radius 1 is 1.37 bits per heavy atom. The Hall–Kier alpha value is -0.560. The summed E-state index contributed by atoms with van der Waals surface area (Å²) in [6.45, 7) is 1.65. The van der Waals surface area contributed by atoms with Gasteiger partial charge in [0, 0.05) is 11.8 Å². The van der Waals surface area contributed by atoms with Crippen LogP contribution in [-0.4, -0.2) is 31.1 Å². The number of hydrogen-bond acceptors (Lipinski definition) is 4. The summed E-state index contributed by atoms with van der Waals surface area (Å²) >= 11 is 1.79. The molecule has 0 radical (unpaired) electrons. The Balaban J connectivity index is 2.10. The molecule has 106 valence electrons. The highest BCUT2D eigenvalue weighted by molar-refractivity contribution is 7.99. The van der Waals surface area contributed by atoms with E-state index in [9.17, 15) is 13.5 Å². The number of aliphatic hydroxyl groups excluding tert-OH is 1. The molecule has 2 unspecified atom stereocenters. The van der Waals surface area contributed by atoms with Crippen LogP contribution in [0.2, 0.25) is 0 Å². The van der Waals surface area contributed by atoms with Crippen LogP contribution in [0.3, 0.4) is 0 Å². The first kappa shape index (κ1) is 14.8. The molecule has 1 aromatic rings. The minimum absolute atomic E-state index is 0.0280. The lowest BCUT2D eigenvalue weighted by atomic mass is 10.1. The maximum atomic E-state index is 12.2. The van der Waals surface area contributed by atoms with Crippen molar-refractivity contribution < 1.29 is 13.5 Å². The average Bonchev–Trinajstić information content (AvgIpc) is 2.39. The zero-order valence-corrected chi connectivity index (χ0v) is 12.5. The predicted octanol–water partition coefficient (Wildman–Crippen LogP) is 1.91. The van der Waals surface area contributed by atoms with Gasteiger partial charge in [-0.05, 0) is 43.2 Å². The summed E-state index contributed by atoms with van der Waals surface area (Å²) in [5, 5.41) is 9.41. The molecule has 1 heterocycles. The van der Waals surface area contributed by atoms with Crippen molar-refractivity contribution in [3.8, 4) is 0 Å². The van der Waals surface area contributed by atoms with Gasteiger partial charge in [-0.15, -0.1) is 0 Å². The third kappa shape index (κ3) is 3.95. The van der Waals surface area contributed by atoms with E-state index in [2.05, 4.69) is 4.72 Å². The Morgan fingerprint density at radius 3 is 2.58 bits per heavy atom. The molecule has 0 amide bonds. The summed E-state index contributed by atoms with van der Waals surface area (Å²) in [5.74, 6) is 1.95. The molecule has 0 spiro atoms. The molecule has 1 fully saturated rings. The standard InChI is InChI=1S/C13H19NO3S2/c1-10(15)11-4-6-13(7-5-11)19(16,17)14-12-3-2-8-18-9-12/h4-7,10,12,14-15H,2-3,8-9H2,1H3. The summed E-state index contributed by atoms with van der Waals surface area (Å²) in [5.41, 5.74) is 0.715. The Morgan fingerprint density at radius 2 is 2.05 bits per heavy atom. The van der Waals surface area contributed by atoms with Gasteiger partial charge in [-0.2, -0.15) is 11.8 Å². The molecule has 0 aromatic heterocycles. The molecule has 2 rings (SSSR count). The summed E-state index contributed by atoms with van der Waals surface area (Å²) in [7, 11) is -3.45. The van der Waals surface area contributed by atoms with E-state index in [4.69, 9.17) is 0 Å². The van der Waals surface area contributed by atoms with Crippen molar-refractivity contribution in [1.29, 1.82) is 0 Å². The highest BCUT2D eigenvalue weighted by atomic mass is 32.2. The predicted molar refractivity (Wildman–Crippen MR) is 77.7 cm³/mol. The zero-order chi connectivity index (χ0) is 13.9. The van der Waals surface area contributed by atoms with Crippen LogP contribution in [0.1, 0.15) is 31.4 Å². The molecule has 0 bridgehead atoms. The van der Waals surface area contributed by atoms with E-state index >= 15 is 0 Å². The molecule has 1 aliphatic heterocycles. The Kier molecular flexibility index (Phi) is 4.89. The minimum Gasteiger partial charge on any atom is -0.389 e. The fourth-order valence-corrected chi connectivity index (χ4v) is 4.49. The van der Waals surface area contributed by atoms with Crippen LogP contribution >= 0.6 is 11.8 Å². The molecule has 1 aliphatic rings. The van der Waals surface area contributed by atoms with E-state index in [1.165, 1.54) is 0 Å². The van der Waals surface area contributed by atoms with Crippen LogP contribution in [0.25, 0.3) is 0 Å². The molecular formula is C13H19NO3S2. The third-order valence-corrected chi connectivity index (χ3v) is 5.91. The van der Waals surface area contributed by atoms with E-state index in [1.807, 2.05) is 0 Å². The van der Waals surface area contributed by atoms with Crippen molar-refractivity contribution in [1.82, 2.24) is 4.72 Å². The van der Waals surface area contributed by atoms with Crippen molar-refractivity contribution in [2.24, 2.45) is 0 Å². The van der Waals surface area contributed by atoms with Gasteiger partial charge in [0.25, 0.3) is 0 Å². The zero-order valence-electron chi connectivity index (χ0n) is 10.9. The van der Waals surface area contributed by atoms with Crippen molar-refractivity contribution in [3.05, 3.63) is 29.8 Å². The second kappa shape index (κ2) is 6.26. The highest BCUT2D eigenvalue weighted by Gasteiger charge is 2.22. The first-order valence-corrected chi connectivity index (χ1v) is 9.01. The first-order chi connectivity index (χ1) is 8.99. The molecule has 0 saturated carbocycles. The lowest BCUT2D eigenvalue weighted by Crippen LogP contribution is -2.38. The third-order valence-electron chi connectivity index (χ3n) is 3.15. The van der Waals surface area contributed by atoms with E-state index in [1.54, 1.807) is 43.0 Å². The van der Waals surface area contributed by atoms with Gasteiger partial charge in [-0.1, -0.05) is 12.1 Å². The fraction of sp³-hybridized carbons (Fsp3) is 0.538. The molecule has 0 aliphatic carbocycles. The number of hydrogen-bond donors (Lipinski definition) is 2. The average molecular weight is 301 g/mol. The van der Waals surface area contributed by atoms with Crippen molar-refractivity contribution in [2.75, 3.05) is 11.5 Å². The lowest BCUT2D eigenvalue weighted by Gasteiger charge is -2.22. The molecular weight excluding hydrogens is 282 g/mol.